The Kier molecular flexibility index (Phi) is 3.72. The Bertz CT molecular complexity index is 720. The summed E-state index contributed by atoms with van der Waals surface area (Å²) in [6.07, 6.45) is -4.83. The van der Waals surface area contributed by atoms with Crippen LogP contribution in [-0.4, -0.2) is 0 Å². The van der Waals surface area contributed by atoms with Crippen LogP contribution in [0.1, 0.15) is 11.1 Å². The summed E-state index contributed by atoms with van der Waals surface area (Å²) in [5, 5.41) is 8.92. The zero-order chi connectivity index (χ0) is 15.6. The zero-order valence-electron chi connectivity index (χ0n) is 10.4. The molecule has 0 aliphatic heterocycles. The Morgan fingerprint density at radius 2 is 1.81 bits per heavy atom. The molecule has 2 rings (SSSR count). The van der Waals surface area contributed by atoms with E-state index < -0.39 is 17.6 Å². The molecule has 0 saturated heterocycles. The van der Waals surface area contributed by atoms with Crippen LogP contribution in [0.4, 0.5) is 23.2 Å². The minimum absolute atomic E-state index is 0.0337. The average molecular weight is 296 g/mol. The Morgan fingerprint density at radius 1 is 1.10 bits per heavy atom. The molecule has 7 heteroatoms. The maximum absolute atomic E-state index is 13.2. The van der Waals surface area contributed by atoms with Crippen LogP contribution in [0.3, 0.4) is 0 Å². The molecule has 2 N–H and O–H groups in total. The molecule has 0 aliphatic carbocycles. The van der Waals surface area contributed by atoms with Gasteiger partial charge in [-0.15, -0.1) is 0 Å². The summed E-state index contributed by atoms with van der Waals surface area (Å²) >= 11 is 0. The molecule has 0 radical (unpaired) electrons. The van der Waals surface area contributed by atoms with Gasteiger partial charge in [-0.3, -0.25) is 0 Å². The van der Waals surface area contributed by atoms with Crippen LogP contribution in [0.5, 0.6) is 11.5 Å². The van der Waals surface area contributed by atoms with E-state index in [1.165, 1.54) is 18.2 Å². The van der Waals surface area contributed by atoms with Crippen LogP contribution in [0.25, 0.3) is 0 Å². The fourth-order valence-electron chi connectivity index (χ4n) is 1.64. The second-order valence-electron chi connectivity index (χ2n) is 4.11. The van der Waals surface area contributed by atoms with Gasteiger partial charge in [0.25, 0.3) is 0 Å². The first-order valence-corrected chi connectivity index (χ1v) is 5.65. The van der Waals surface area contributed by atoms with E-state index in [9.17, 15) is 17.6 Å². The van der Waals surface area contributed by atoms with Gasteiger partial charge in [-0.05, 0) is 36.4 Å². The first-order valence-electron chi connectivity index (χ1n) is 5.65. The van der Waals surface area contributed by atoms with Gasteiger partial charge < -0.3 is 10.5 Å². The maximum Gasteiger partial charge on any atom is 0.419 e. The minimum atomic E-state index is -4.83. The number of nitriles is 1. The van der Waals surface area contributed by atoms with E-state index in [1.54, 1.807) is 0 Å². The van der Waals surface area contributed by atoms with E-state index in [-0.39, 0.29) is 17.1 Å². The van der Waals surface area contributed by atoms with Crippen molar-refractivity contribution in [3.8, 4) is 17.6 Å². The summed E-state index contributed by atoms with van der Waals surface area (Å²) in [6.45, 7) is 0. The fraction of sp³-hybridized carbons (Fsp3) is 0.0714. The number of benzene rings is 2. The molecule has 0 aromatic heterocycles. The molecule has 0 atom stereocenters. The van der Waals surface area contributed by atoms with E-state index in [0.29, 0.717) is 17.8 Å². The maximum atomic E-state index is 13.2. The van der Waals surface area contributed by atoms with Crippen molar-refractivity contribution >= 4 is 5.69 Å². The summed E-state index contributed by atoms with van der Waals surface area (Å²) in [7, 11) is 0. The molecule has 2 aromatic carbocycles. The van der Waals surface area contributed by atoms with Gasteiger partial charge in [0.15, 0.2) is 0 Å². The number of nitrogens with two attached hydrogens (primary N) is 1. The Balaban J connectivity index is 2.40. The quantitative estimate of drug-likeness (QED) is 0.670. The molecule has 0 fully saturated rings. The largest absolute Gasteiger partial charge is 0.456 e. The number of rotatable bonds is 2. The number of halogens is 4. The summed E-state index contributed by atoms with van der Waals surface area (Å²) < 4.78 is 56.2. The molecule has 2 aromatic rings. The van der Waals surface area contributed by atoms with Gasteiger partial charge in [0, 0.05) is 5.69 Å². The third kappa shape index (κ3) is 3.23. The fourth-order valence-corrected chi connectivity index (χ4v) is 1.64. The van der Waals surface area contributed by atoms with Crippen LogP contribution in [-0.2, 0) is 6.18 Å². The number of ether oxygens (including phenoxy) is 1. The van der Waals surface area contributed by atoms with E-state index in [4.69, 9.17) is 15.7 Å². The molecule has 0 bridgehead atoms. The van der Waals surface area contributed by atoms with Crippen LogP contribution >= 0.6 is 0 Å². The highest BCUT2D eigenvalue weighted by Crippen LogP contribution is 2.35. The van der Waals surface area contributed by atoms with Crippen LogP contribution in [0, 0.1) is 17.1 Å². The van der Waals surface area contributed by atoms with Crippen molar-refractivity contribution in [1.29, 1.82) is 5.26 Å². The number of nitrogens with zero attached hydrogens (tertiary/aromatic N) is 1. The van der Waals surface area contributed by atoms with Crippen LogP contribution in [0.15, 0.2) is 36.4 Å². The smallest absolute Gasteiger partial charge is 0.419 e. The predicted molar refractivity (Wildman–Crippen MR) is 67.0 cm³/mol. The van der Waals surface area contributed by atoms with Crippen LogP contribution < -0.4 is 10.5 Å². The van der Waals surface area contributed by atoms with E-state index in [2.05, 4.69) is 0 Å². The predicted octanol–water partition coefficient (Wildman–Crippen LogP) is 4.09. The van der Waals surface area contributed by atoms with Crippen molar-refractivity contribution in [3.63, 3.8) is 0 Å². The molecule has 0 unspecified atom stereocenters. The molecule has 0 heterocycles. The monoisotopic (exact) mass is 296 g/mol. The minimum Gasteiger partial charge on any atom is -0.456 e. The van der Waals surface area contributed by atoms with Gasteiger partial charge in [-0.2, -0.15) is 18.4 Å². The topological polar surface area (TPSA) is 59.0 Å². The first-order chi connectivity index (χ1) is 9.81. The summed E-state index contributed by atoms with van der Waals surface area (Å²) in [6, 6.07) is 8.15. The van der Waals surface area contributed by atoms with Crippen molar-refractivity contribution in [2.45, 2.75) is 6.18 Å². The lowest BCUT2D eigenvalue weighted by Crippen LogP contribution is -2.08. The van der Waals surface area contributed by atoms with Gasteiger partial charge in [0.2, 0.25) is 0 Å². The molecule has 0 saturated carbocycles. The number of alkyl halides is 3. The van der Waals surface area contributed by atoms with Gasteiger partial charge in [0.1, 0.15) is 23.4 Å². The molecule has 3 nitrogen and oxygen atoms in total. The second-order valence-corrected chi connectivity index (χ2v) is 4.11. The Hall–Kier alpha value is -2.75. The van der Waals surface area contributed by atoms with E-state index in [1.807, 2.05) is 6.07 Å². The van der Waals surface area contributed by atoms with Crippen molar-refractivity contribution in [3.05, 3.63) is 53.3 Å². The summed E-state index contributed by atoms with van der Waals surface area (Å²) in [5.74, 6) is -1.59. The van der Waals surface area contributed by atoms with Gasteiger partial charge in [-0.25, -0.2) is 4.39 Å². The standard InChI is InChI=1S/C14H8F4N2O/c15-12-3-2-10(6-11(12)14(16,17)18)21-13-4-1-9(20)5-8(13)7-19/h1-6H,20H2. The second kappa shape index (κ2) is 5.32. The molecular weight excluding hydrogens is 288 g/mol. The molecular formula is C14H8F4N2O. The average Bonchev–Trinajstić information content (AvgIpc) is 2.41. The summed E-state index contributed by atoms with van der Waals surface area (Å²) in [5.41, 5.74) is 4.43. The number of hydrogen-bond acceptors (Lipinski definition) is 3. The Labute approximate surface area is 117 Å². The molecule has 0 spiro atoms. The molecule has 21 heavy (non-hydrogen) atoms. The van der Waals surface area contributed by atoms with E-state index in [0.717, 1.165) is 6.07 Å². The third-order valence-corrected chi connectivity index (χ3v) is 2.60. The highest BCUT2D eigenvalue weighted by atomic mass is 19.4. The number of anilines is 1. The van der Waals surface area contributed by atoms with Gasteiger partial charge >= 0.3 is 6.18 Å². The van der Waals surface area contributed by atoms with Gasteiger partial charge in [0.05, 0.1) is 11.1 Å². The lowest BCUT2D eigenvalue weighted by atomic mass is 10.1. The van der Waals surface area contributed by atoms with Crippen molar-refractivity contribution < 1.29 is 22.3 Å². The molecule has 108 valence electrons. The summed E-state index contributed by atoms with van der Waals surface area (Å²) in [4.78, 5) is 0. The van der Waals surface area contributed by atoms with Gasteiger partial charge in [-0.1, -0.05) is 0 Å². The highest BCUT2D eigenvalue weighted by molar-refractivity contribution is 5.54. The molecule has 0 aliphatic rings. The first kappa shape index (κ1) is 14.7. The number of nitrogen functional groups attached to an aromatic ring is 1. The highest BCUT2D eigenvalue weighted by Gasteiger charge is 2.34. The van der Waals surface area contributed by atoms with Crippen molar-refractivity contribution in [1.82, 2.24) is 0 Å². The third-order valence-electron chi connectivity index (χ3n) is 2.60. The SMILES string of the molecule is N#Cc1cc(N)ccc1Oc1ccc(F)c(C(F)(F)F)c1. The lowest BCUT2D eigenvalue weighted by molar-refractivity contribution is -0.140. The van der Waals surface area contributed by atoms with Crippen LogP contribution in [0.2, 0.25) is 0 Å². The Morgan fingerprint density at radius 3 is 2.43 bits per heavy atom. The van der Waals surface area contributed by atoms with E-state index >= 15 is 0 Å². The number of hydrogen-bond donors (Lipinski definition) is 1. The lowest BCUT2D eigenvalue weighted by Gasteiger charge is -2.12. The molecule has 0 amide bonds. The zero-order valence-corrected chi connectivity index (χ0v) is 10.4. The normalized spacial score (nSPS) is 11.0. The van der Waals surface area contributed by atoms with Crippen molar-refractivity contribution in [2.75, 3.05) is 5.73 Å². The van der Waals surface area contributed by atoms with Crippen molar-refractivity contribution in [2.24, 2.45) is 0 Å².